The van der Waals surface area contributed by atoms with Gasteiger partial charge in [0.15, 0.2) is 0 Å². The van der Waals surface area contributed by atoms with E-state index in [4.69, 9.17) is 5.11 Å². The van der Waals surface area contributed by atoms with Crippen molar-refractivity contribution >= 4 is 23.2 Å². The van der Waals surface area contributed by atoms with Crippen LogP contribution >= 0.6 is 11.3 Å². The van der Waals surface area contributed by atoms with Gasteiger partial charge in [0.25, 0.3) is 5.91 Å². The van der Waals surface area contributed by atoms with Gasteiger partial charge in [-0.25, -0.2) is 4.79 Å². The summed E-state index contributed by atoms with van der Waals surface area (Å²) in [6.45, 7) is 5.12. The Morgan fingerprint density at radius 2 is 2.09 bits per heavy atom. The molecule has 0 saturated carbocycles. The molecule has 1 aromatic heterocycles. The van der Waals surface area contributed by atoms with Gasteiger partial charge in [0, 0.05) is 0 Å². The van der Waals surface area contributed by atoms with Crippen molar-refractivity contribution in [1.29, 1.82) is 0 Å². The van der Waals surface area contributed by atoms with E-state index in [0.29, 0.717) is 16.2 Å². The topological polar surface area (TPSA) is 86.6 Å². The first-order valence-electron chi connectivity index (χ1n) is 7.12. The Kier molecular flexibility index (Phi) is 6.60. The number of amides is 1. The summed E-state index contributed by atoms with van der Waals surface area (Å²) in [5, 5.41) is 21.2. The van der Waals surface area contributed by atoms with E-state index >= 15 is 0 Å². The van der Waals surface area contributed by atoms with Crippen molar-refractivity contribution < 1.29 is 19.8 Å². The largest absolute Gasteiger partial charge is 0.480 e. The zero-order valence-corrected chi connectivity index (χ0v) is 13.8. The standard InChI is InChI=1S/C16H21NO4S/c1-4-5-6-12(15(19)20)17-14(18)13-8-7-11(22-13)9-10-16(2,3)21/h7-8,12,21H,4-6H2,1-3H3,(H,17,18)(H,19,20)/t12-/m1/s1. The molecule has 1 amide bonds. The molecule has 0 bridgehead atoms. The second-order valence-electron chi connectivity index (χ2n) is 5.48. The number of carbonyl (C=O) groups excluding carboxylic acids is 1. The molecule has 6 heteroatoms. The Balaban J connectivity index is 2.75. The first-order valence-corrected chi connectivity index (χ1v) is 7.93. The lowest BCUT2D eigenvalue weighted by molar-refractivity contribution is -0.139. The van der Waals surface area contributed by atoms with Crippen LogP contribution in [0.5, 0.6) is 0 Å². The Hall–Kier alpha value is -1.84. The van der Waals surface area contributed by atoms with Crippen LogP contribution in [-0.2, 0) is 4.79 Å². The summed E-state index contributed by atoms with van der Waals surface area (Å²) in [6, 6.07) is 2.41. The summed E-state index contributed by atoms with van der Waals surface area (Å²) in [4.78, 5) is 24.3. The zero-order valence-electron chi connectivity index (χ0n) is 13.0. The Morgan fingerprint density at radius 1 is 1.41 bits per heavy atom. The molecule has 0 saturated heterocycles. The van der Waals surface area contributed by atoms with Gasteiger partial charge >= 0.3 is 5.97 Å². The predicted molar refractivity (Wildman–Crippen MR) is 85.9 cm³/mol. The summed E-state index contributed by atoms with van der Waals surface area (Å²) < 4.78 is 0. The number of carboxylic acid groups (broad SMARTS) is 1. The molecule has 22 heavy (non-hydrogen) atoms. The van der Waals surface area contributed by atoms with Crippen LogP contribution < -0.4 is 5.32 Å². The molecule has 0 aliphatic rings. The van der Waals surface area contributed by atoms with Crippen LogP contribution in [0.2, 0.25) is 0 Å². The molecule has 0 radical (unpaired) electrons. The van der Waals surface area contributed by atoms with Crippen LogP contribution in [0.15, 0.2) is 12.1 Å². The molecule has 1 rings (SSSR count). The lowest BCUT2D eigenvalue weighted by Crippen LogP contribution is -2.40. The van der Waals surface area contributed by atoms with E-state index in [2.05, 4.69) is 17.2 Å². The highest BCUT2D eigenvalue weighted by atomic mass is 32.1. The van der Waals surface area contributed by atoms with Crippen LogP contribution in [0.1, 0.15) is 54.6 Å². The molecule has 0 fully saturated rings. The van der Waals surface area contributed by atoms with Crippen molar-refractivity contribution in [3.05, 3.63) is 21.9 Å². The highest BCUT2D eigenvalue weighted by Gasteiger charge is 2.20. The van der Waals surface area contributed by atoms with Crippen LogP contribution in [-0.4, -0.2) is 33.7 Å². The molecule has 0 unspecified atom stereocenters. The highest BCUT2D eigenvalue weighted by molar-refractivity contribution is 7.14. The lowest BCUT2D eigenvalue weighted by atomic mass is 10.1. The summed E-state index contributed by atoms with van der Waals surface area (Å²) in [6.07, 6.45) is 2.02. The Bertz CT molecular complexity index is 589. The molecule has 120 valence electrons. The van der Waals surface area contributed by atoms with E-state index in [-0.39, 0.29) is 0 Å². The van der Waals surface area contributed by atoms with E-state index in [9.17, 15) is 14.7 Å². The highest BCUT2D eigenvalue weighted by Crippen LogP contribution is 2.16. The van der Waals surface area contributed by atoms with Gasteiger partial charge in [-0.05, 0) is 32.4 Å². The summed E-state index contributed by atoms with van der Waals surface area (Å²) in [7, 11) is 0. The summed E-state index contributed by atoms with van der Waals surface area (Å²) in [5.41, 5.74) is -1.10. The molecule has 0 spiro atoms. The third-order valence-corrected chi connectivity index (χ3v) is 3.77. The Morgan fingerprint density at radius 3 is 2.64 bits per heavy atom. The number of thiophene rings is 1. The zero-order chi connectivity index (χ0) is 16.8. The average Bonchev–Trinajstić information content (AvgIpc) is 2.89. The fraction of sp³-hybridized carbons (Fsp3) is 0.500. The van der Waals surface area contributed by atoms with Gasteiger partial charge in [-0.15, -0.1) is 11.3 Å². The van der Waals surface area contributed by atoms with Gasteiger partial charge in [-0.2, -0.15) is 0 Å². The SMILES string of the molecule is CCCC[C@@H](NC(=O)c1ccc(C#CC(C)(C)O)s1)C(=O)O. The van der Waals surface area contributed by atoms with Crippen molar-refractivity contribution in [2.75, 3.05) is 0 Å². The number of aliphatic hydroxyl groups is 1. The second-order valence-corrected chi connectivity index (χ2v) is 6.56. The first kappa shape index (κ1) is 18.2. The normalized spacial score (nSPS) is 12.2. The minimum absolute atomic E-state index is 0.405. The van der Waals surface area contributed by atoms with Gasteiger partial charge in [0.05, 0.1) is 9.75 Å². The van der Waals surface area contributed by atoms with Crippen molar-refractivity contribution in [2.24, 2.45) is 0 Å². The van der Waals surface area contributed by atoms with Crippen LogP contribution in [0.25, 0.3) is 0 Å². The Labute approximate surface area is 134 Å². The first-order chi connectivity index (χ1) is 10.2. The molecule has 3 N–H and O–H groups in total. The van der Waals surface area contributed by atoms with Crippen molar-refractivity contribution in [3.8, 4) is 11.8 Å². The number of carbonyl (C=O) groups is 2. The van der Waals surface area contributed by atoms with Gasteiger partial charge in [-0.3, -0.25) is 4.79 Å². The number of hydrogen-bond acceptors (Lipinski definition) is 4. The van der Waals surface area contributed by atoms with Gasteiger partial charge in [-0.1, -0.05) is 31.6 Å². The molecular formula is C16H21NO4S. The molecule has 1 aromatic rings. The molecule has 0 aliphatic heterocycles. The van der Waals surface area contributed by atoms with Gasteiger partial charge in [0.2, 0.25) is 0 Å². The molecule has 0 aliphatic carbocycles. The number of hydrogen-bond donors (Lipinski definition) is 3. The van der Waals surface area contributed by atoms with Crippen LogP contribution in [0.3, 0.4) is 0 Å². The second kappa shape index (κ2) is 7.97. The van der Waals surface area contributed by atoms with Gasteiger partial charge in [0.1, 0.15) is 11.6 Å². The number of carboxylic acids is 1. The molecule has 1 heterocycles. The van der Waals surface area contributed by atoms with Crippen molar-refractivity contribution in [2.45, 2.75) is 51.7 Å². The van der Waals surface area contributed by atoms with E-state index in [1.54, 1.807) is 26.0 Å². The maximum atomic E-state index is 12.1. The number of unbranched alkanes of at least 4 members (excludes halogenated alkanes) is 1. The van der Waals surface area contributed by atoms with Crippen molar-refractivity contribution in [3.63, 3.8) is 0 Å². The van der Waals surface area contributed by atoms with Crippen LogP contribution in [0, 0.1) is 11.8 Å². The third kappa shape index (κ3) is 6.29. The number of nitrogens with one attached hydrogen (secondary N) is 1. The quantitative estimate of drug-likeness (QED) is 0.701. The van der Waals surface area contributed by atoms with E-state index < -0.39 is 23.5 Å². The predicted octanol–water partition coefficient (Wildman–Crippen LogP) is 2.24. The third-order valence-electron chi connectivity index (χ3n) is 2.77. The minimum Gasteiger partial charge on any atom is -0.480 e. The summed E-state index contributed by atoms with van der Waals surface area (Å²) >= 11 is 1.17. The minimum atomic E-state index is -1.10. The summed E-state index contributed by atoms with van der Waals surface area (Å²) in [5.74, 6) is 4.02. The smallest absolute Gasteiger partial charge is 0.326 e. The lowest BCUT2D eigenvalue weighted by Gasteiger charge is -2.13. The van der Waals surface area contributed by atoms with E-state index in [0.717, 1.165) is 12.8 Å². The molecular weight excluding hydrogens is 302 g/mol. The monoisotopic (exact) mass is 323 g/mol. The van der Waals surface area contributed by atoms with Crippen molar-refractivity contribution in [1.82, 2.24) is 5.32 Å². The van der Waals surface area contributed by atoms with Crippen LogP contribution in [0.4, 0.5) is 0 Å². The van der Waals surface area contributed by atoms with E-state index in [1.165, 1.54) is 11.3 Å². The fourth-order valence-electron chi connectivity index (χ4n) is 1.64. The van der Waals surface area contributed by atoms with Gasteiger partial charge < -0.3 is 15.5 Å². The van der Waals surface area contributed by atoms with E-state index in [1.807, 2.05) is 6.92 Å². The maximum Gasteiger partial charge on any atom is 0.326 e. The number of aliphatic carboxylic acids is 1. The number of rotatable bonds is 6. The molecule has 0 aromatic carbocycles. The maximum absolute atomic E-state index is 12.1. The average molecular weight is 323 g/mol. The fourth-order valence-corrected chi connectivity index (χ4v) is 2.40. The molecule has 1 atom stereocenters. The molecule has 5 nitrogen and oxygen atoms in total.